The molecule has 0 atom stereocenters. The minimum Gasteiger partial charge on any atom is -0.497 e. The Morgan fingerprint density at radius 2 is 1.11 bits per heavy atom. The molecule has 0 saturated carbocycles. The molecule has 3 aromatic carbocycles. The zero-order valence-electron chi connectivity index (χ0n) is 16.0. The lowest BCUT2D eigenvalue weighted by atomic mass is 10.2. The molecule has 0 aromatic heterocycles. The first kappa shape index (κ1) is 20.8. The van der Waals surface area contributed by atoms with Crippen LogP contribution in [0.3, 0.4) is 0 Å². The van der Waals surface area contributed by atoms with Gasteiger partial charge in [0.25, 0.3) is 0 Å². The summed E-state index contributed by atoms with van der Waals surface area (Å²) in [6, 6.07) is 32.3. The molecule has 0 spiro atoms. The highest BCUT2D eigenvalue weighted by atomic mass is 79.9. The second-order valence-corrected chi connectivity index (χ2v) is 9.25. The molecule has 0 bridgehead atoms. The lowest BCUT2D eigenvalue weighted by Crippen LogP contribution is -2.20. The minimum absolute atomic E-state index is 0.446. The minimum atomic E-state index is -0.446. The second-order valence-electron chi connectivity index (χ2n) is 6.58. The van der Waals surface area contributed by atoms with Gasteiger partial charge in [-0.15, -0.1) is 0 Å². The number of hydrogen-bond acceptors (Lipinski definition) is 1. The molecule has 3 aromatic rings. The van der Waals surface area contributed by atoms with Crippen LogP contribution in [0.2, 0.25) is 0 Å². The van der Waals surface area contributed by atoms with Gasteiger partial charge in [0.15, 0.2) is 0 Å². The van der Waals surface area contributed by atoms with E-state index in [0.29, 0.717) is 0 Å². The van der Waals surface area contributed by atoms with Crippen molar-refractivity contribution in [2.45, 2.75) is 25.7 Å². The molecule has 1 saturated heterocycles. The Hall–Kier alpha value is -1.89. The van der Waals surface area contributed by atoms with Crippen LogP contribution < -0.4 is 15.9 Å². The quantitative estimate of drug-likeness (QED) is 0.426. The van der Waals surface area contributed by atoms with E-state index in [9.17, 15) is 0 Å². The van der Waals surface area contributed by atoms with Gasteiger partial charge in [0.2, 0.25) is 0 Å². The molecule has 1 fully saturated rings. The van der Waals surface area contributed by atoms with Crippen LogP contribution in [0.25, 0.3) is 0 Å². The van der Waals surface area contributed by atoms with E-state index in [1.165, 1.54) is 35.2 Å². The maximum atomic E-state index is 5.37. The average Bonchev–Trinajstić information content (AvgIpc) is 3.06. The number of rotatable bonds is 3. The van der Waals surface area contributed by atoms with Crippen molar-refractivity contribution in [3.05, 3.63) is 102 Å². The number of ether oxygens (including phenoxy) is 1. The van der Waals surface area contributed by atoms with Gasteiger partial charge in [-0.1, -0.05) is 107 Å². The lowest BCUT2D eigenvalue weighted by Gasteiger charge is -2.18. The molecule has 0 aliphatic carbocycles. The Bertz CT molecular complexity index is 730. The first-order chi connectivity index (χ1) is 13.9. The topological polar surface area (TPSA) is 9.23 Å². The van der Waals surface area contributed by atoms with Crippen molar-refractivity contribution in [2.75, 3.05) is 6.61 Å². The van der Waals surface area contributed by atoms with Crippen molar-refractivity contribution < 1.29 is 4.74 Å². The molecule has 3 heteroatoms. The maximum Gasteiger partial charge on any atom is 0.103 e. The van der Waals surface area contributed by atoms with Gasteiger partial charge in [0, 0.05) is 11.4 Å². The van der Waals surface area contributed by atoms with Crippen molar-refractivity contribution >= 4 is 39.8 Å². The van der Waals surface area contributed by atoms with Crippen molar-refractivity contribution in [3.63, 3.8) is 0 Å². The van der Waals surface area contributed by atoms with Gasteiger partial charge in [-0.2, -0.15) is 0 Å². The summed E-state index contributed by atoms with van der Waals surface area (Å²) in [4.78, 5) is 1.89. The van der Waals surface area contributed by atoms with Crippen LogP contribution in [-0.4, -0.2) is 6.61 Å². The number of hydrogen-bond donors (Lipinski definition) is 0. The third kappa shape index (κ3) is 6.33. The molecule has 1 heterocycles. The zero-order valence-corrected chi connectivity index (χ0v) is 18.5. The molecule has 0 radical (unpaired) electrons. The average molecular weight is 453 g/mol. The maximum absolute atomic E-state index is 5.37. The standard InChI is InChI=1S/C18H15P.C7H11BrO/c1-4-10-16(11-5-1)19(17-12-6-2-7-13-17)18-14-8-3-9-15-18;8-6-7-4-2-1-3-5-9-7/h1-15H;6H,1-5H2/b;7-6-. The zero-order chi connectivity index (χ0) is 19.4. The Kier molecular flexibility index (Phi) is 8.81. The van der Waals surface area contributed by atoms with Gasteiger partial charge >= 0.3 is 0 Å². The van der Waals surface area contributed by atoms with E-state index in [2.05, 4.69) is 107 Å². The first-order valence-corrected chi connectivity index (χ1v) is 12.0. The summed E-state index contributed by atoms with van der Waals surface area (Å²) in [5, 5.41) is 4.19. The van der Waals surface area contributed by atoms with E-state index >= 15 is 0 Å². The van der Waals surface area contributed by atoms with E-state index in [1.54, 1.807) is 0 Å². The van der Waals surface area contributed by atoms with Gasteiger partial charge in [-0.25, -0.2) is 0 Å². The van der Waals surface area contributed by atoms with E-state index in [4.69, 9.17) is 4.74 Å². The van der Waals surface area contributed by atoms with Crippen LogP contribution >= 0.6 is 23.9 Å². The SMILES string of the molecule is Br/C=C1/CCCCCO1.c1ccc(P(c2ccccc2)c2ccccc2)cc1. The van der Waals surface area contributed by atoms with Crippen LogP contribution in [-0.2, 0) is 4.74 Å². The number of benzene rings is 3. The van der Waals surface area contributed by atoms with Crippen LogP contribution in [0.5, 0.6) is 0 Å². The molecule has 28 heavy (non-hydrogen) atoms. The summed E-state index contributed by atoms with van der Waals surface area (Å²) in [6.45, 7) is 0.900. The number of allylic oxidation sites excluding steroid dienone is 1. The summed E-state index contributed by atoms with van der Waals surface area (Å²) in [6.07, 6.45) is 4.90. The van der Waals surface area contributed by atoms with E-state index in [0.717, 1.165) is 18.8 Å². The van der Waals surface area contributed by atoms with Gasteiger partial charge < -0.3 is 4.74 Å². The fraction of sp³-hybridized carbons (Fsp3) is 0.200. The summed E-state index contributed by atoms with van der Waals surface area (Å²) >= 11 is 3.26. The van der Waals surface area contributed by atoms with E-state index in [-0.39, 0.29) is 0 Å². The normalized spacial score (nSPS) is 15.3. The fourth-order valence-electron chi connectivity index (χ4n) is 3.12. The molecule has 0 N–H and O–H groups in total. The molecule has 0 amide bonds. The molecule has 1 nitrogen and oxygen atoms in total. The Balaban J connectivity index is 0.000000211. The molecule has 4 rings (SSSR count). The Morgan fingerprint density at radius 3 is 1.54 bits per heavy atom. The van der Waals surface area contributed by atoms with Crippen molar-refractivity contribution in [3.8, 4) is 0 Å². The largest absolute Gasteiger partial charge is 0.497 e. The van der Waals surface area contributed by atoms with Crippen LogP contribution in [0, 0.1) is 0 Å². The highest BCUT2D eigenvalue weighted by molar-refractivity contribution is 9.11. The lowest BCUT2D eigenvalue weighted by molar-refractivity contribution is 0.214. The van der Waals surface area contributed by atoms with Gasteiger partial charge in [-0.3, -0.25) is 0 Å². The Labute approximate surface area is 178 Å². The molecule has 1 aliphatic rings. The van der Waals surface area contributed by atoms with Gasteiger partial charge in [0.05, 0.1) is 6.61 Å². The van der Waals surface area contributed by atoms with Crippen LogP contribution in [0.1, 0.15) is 25.7 Å². The molecule has 144 valence electrons. The van der Waals surface area contributed by atoms with Crippen LogP contribution in [0.4, 0.5) is 0 Å². The second kappa shape index (κ2) is 11.8. The summed E-state index contributed by atoms with van der Waals surface area (Å²) in [5.41, 5.74) is 0. The molecule has 1 aliphatic heterocycles. The van der Waals surface area contributed by atoms with E-state index < -0.39 is 7.92 Å². The fourth-order valence-corrected chi connectivity index (χ4v) is 5.78. The highest BCUT2D eigenvalue weighted by Crippen LogP contribution is 2.32. The summed E-state index contributed by atoms with van der Waals surface area (Å²) in [7, 11) is -0.446. The van der Waals surface area contributed by atoms with Gasteiger partial charge in [-0.05, 0) is 43.1 Å². The number of halogens is 1. The summed E-state index contributed by atoms with van der Waals surface area (Å²) < 4.78 is 5.37. The molecule has 0 unspecified atom stereocenters. The monoisotopic (exact) mass is 452 g/mol. The van der Waals surface area contributed by atoms with Crippen molar-refractivity contribution in [1.82, 2.24) is 0 Å². The predicted octanol–water partition coefficient (Wildman–Crippen LogP) is 6.26. The van der Waals surface area contributed by atoms with Crippen LogP contribution in [0.15, 0.2) is 102 Å². The predicted molar refractivity (Wildman–Crippen MR) is 127 cm³/mol. The Morgan fingerprint density at radius 1 is 0.643 bits per heavy atom. The summed E-state index contributed by atoms with van der Waals surface area (Å²) in [5.74, 6) is 1.10. The third-order valence-electron chi connectivity index (χ3n) is 4.52. The first-order valence-electron chi connectivity index (χ1n) is 9.76. The van der Waals surface area contributed by atoms with E-state index in [1.807, 2.05) is 4.99 Å². The highest BCUT2D eigenvalue weighted by Gasteiger charge is 2.14. The van der Waals surface area contributed by atoms with Crippen molar-refractivity contribution in [1.29, 1.82) is 0 Å². The van der Waals surface area contributed by atoms with Gasteiger partial charge in [0.1, 0.15) is 5.76 Å². The third-order valence-corrected chi connectivity index (χ3v) is 7.47. The smallest absolute Gasteiger partial charge is 0.103 e. The molecular formula is C25H26BrOP. The molecular weight excluding hydrogens is 427 g/mol. The van der Waals surface area contributed by atoms with Crippen molar-refractivity contribution in [2.24, 2.45) is 0 Å².